The number of anilines is 1. The van der Waals surface area contributed by atoms with Crippen LogP contribution in [-0.2, 0) is 10.0 Å². The highest BCUT2D eigenvalue weighted by Crippen LogP contribution is 2.23. The lowest BCUT2D eigenvalue weighted by Crippen LogP contribution is -2.48. The number of hydrogen-bond acceptors (Lipinski definition) is 5. The Morgan fingerprint density at radius 2 is 1.38 bits per heavy atom. The summed E-state index contributed by atoms with van der Waals surface area (Å²) < 4.78 is 53.1. The fourth-order valence-electron chi connectivity index (χ4n) is 3.21. The Hall–Kier alpha value is -2.91. The quantitative estimate of drug-likeness (QED) is 0.654. The molecule has 150 valence electrons. The summed E-state index contributed by atoms with van der Waals surface area (Å²) >= 11 is 0. The number of nitrogens with zero attached hydrogens (tertiary/aromatic N) is 4. The van der Waals surface area contributed by atoms with Gasteiger partial charge in [-0.2, -0.15) is 4.31 Å². The summed E-state index contributed by atoms with van der Waals surface area (Å²) in [6.07, 6.45) is 1.44. The zero-order valence-electron chi connectivity index (χ0n) is 15.4. The standard InChI is InChI=1S/C20H18F2N4O2S/c21-16-3-1-15(2-4-16)19-13-20(24-14-23-19)25-9-11-26(12-10-25)29(27,28)18-7-5-17(22)6-8-18/h1-8,13-14H,9-12H2. The molecule has 9 heteroatoms. The number of benzene rings is 2. The van der Waals surface area contributed by atoms with E-state index in [1.165, 1.54) is 34.9 Å². The molecule has 1 aliphatic rings. The van der Waals surface area contributed by atoms with Gasteiger partial charge in [0.15, 0.2) is 0 Å². The minimum absolute atomic E-state index is 0.0768. The highest BCUT2D eigenvalue weighted by atomic mass is 32.2. The molecule has 6 nitrogen and oxygen atoms in total. The van der Waals surface area contributed by atoms with Gasteiger partial charge < -0.3 is 4.90 Å². The van der Waals surface area contributed by atoms with Crippen LogP contribution in [0.2, 0.25) is 0 Å². The van der Waals surface area contributed by atoms with E-state index in [4.69, 9.17) is 0 Å². The minimum atomic E-state index is -3.67. The van der Waals surface area contributed by atoms with Gasteiger partial charge in [-0.1, -0.05) is 0 Å². The third-order valence-electron chi connectivity index (χ3n) is 4.81. The third-order valence-corrected chi connectivity index (χ3v) is 6.72. The van der Waals surface area contributed by atoms with E-state index in [1.807, 2.05) is 4.90 Å². The summed E-state index contributed by atoms with van der Waals surface area (Å²) in [6, 6.07) is 12.7. The molecule has 2 heterocycles. The molecule has 0 radical (unpaired) electrons. The summed E-state index contributed by atoms with van der Waals surface area (Å²) in [5.74, 6) is -0.117. The van der Waals surface area contributed by atoms with Crippen molar-refractivity contribution in [3.05, 3.63) is 72.6 Å². The van der Waals surface area contributed by atoms with Gasteiger partial charge in [-0.25, -0.2) is 27.2 Å². The molecule has 0 unspecified atom stereocenters. The van der Waals surface area contributed by atoms with E-state index >= 15 is 0 Å². The van der Waals surface area contributed by atoms with Crippen LogP contribution < -0.4 is 4.90 Å². The monoisotopic (exact) mass is 416 g/mol. The molecule has 1 fully saturated rings. The van der Waals surface area contributed by atoms with Crippen molar-refractivity contribution >= 4 is 15.8 Å². The average Bonchev–Trinajstić information content (AvgIpc) is 2.75. The lowest BCUT2D eigenvalue weighted by Gasteiger charge is -2.34. The van der Waals surface area contributed by atoms with Crippen molar-refractivity contribution in [1.29, 1.82) is 0 Å². The predicted molar refractivity (Wildman–Crippen MR) is 105 cm³/mol. The Balaban J connectivity index is 1.48. The number of rotatable bonds is 4. The Morgan fingerprint density at radius 1 is 0.793 bits per heavy atom. The van der Waals surface area contributed by atoms with Crippen molar-refractivity contribution in [2.24, 2.45) is 0 Å². The van der Waals surface area contributed by atoms with Crippen LogP contribution in [0.4, 0.5) is 14.6 Å². The topological polar surface area (TPSA) is 66.4 Å². The molecule has 0 spiro atoms. The molecule has 1 aliphatic heterocycles. The largest absolute Gasteiger partial charge is 0.354 e. The van der Waals surface area contributed by atoms with Crippen LogP contribution in [0.15, 0.2) is 65.8 Å². The van der Waals surface area contributed by atoms with E-state index in [-0.39, 0.29) is 23.8 Å². The molecule has 0 atom stereocenters. The Labute approximate surface area is 167 Å². The third kappa shape index (κ3) is 4.10. The molecule has 1 aromatic heterocycles. The predicted octanol–water partition coefficient (Wildman–Crippen LogP) is 2.93. The number of aromatic nitrogens is 2. The summed E-state index contributed by atoms with van der Waals surface area (Å²) in [6.45, 7) is 1.49. The lowest BCUT2D eigenvalue weighted by atomic mass is 10.1. The van der Waals surface area contributed by atoms with Gasteiger partial charge in [-0.3, -0.25) is 0 Å². The Kier molecular flexibility index (Phi) is 5.25. The second-order valence-electron chi connectivity index (χ2n) is 6.61. The van der Waals surface area contributed by atoms with Gasteiger partial charge in [-0.05, 0) is 48.5 Å². The van der Waals surface area contributed by atoms with Crippen molar-refractivity contribution < 1.29 is 17.2 Å². The summed E-state index contributed by atoms with van der Waals surface area (Å²) in [4.78, 5) is 10.6. The number of piperazine rings is 1. The molecule has 2 aromatic carbocycles. The van der Waals surface area contributed by atoms with Gasteiger partial charge >= 0.3 is 0 Å². The van der Waals surface area contributed by atoms with E-state index in [2.05, 4.69) is 9.97 Å². The zero-order valence-corrected chi connectivity index (χ0v) is 16.2. The van der Waals surface area contributed by atoms with Crippen LogP contribution in [0.25, 0.3) is 11.3 Å². The molecular weight excluding hydrogens is 398 g/mol. The molecule has 0 amide bonds. The average molecular weight is 416 g/mol. The first kappa shape index (κ1) is 19.4. The SMILES string of the molecule is O=S(=O)(c1ccc(F)cc1)N1CCN(c2cc(-c3ccc(F)cc3)ncn2)CC1. The first-order chi connectivity index (χ1) is 13.9. The van der Waals surface area contributed by atoms with Crippen molar-refractivity contribution in [3.8, 4) is 11.3 Å². The summed E-state index contributed by atoms with van der Waals surface area (Å²) in [5.41, 5.74) is 1.43. The van der Waals surface area contributed by atoms with Crippen molar-refractivity contribution in [3.63, 3.8) is 0 Å². The molecule has 3 aromatic rings. The molecule has 0 aliphatic carbocycles. The second-order valence-corrected chi connectivity index (χ2v) is 8.55. The van der Waals surface area contributed by atoms with Gasteiger partial charge in [0, 0.05) is 37.8 Å². The molecule has 0 N–H and O–H groups in total. The Morgan fingerprint density at radius 3 is 2.00 bits per heavy atom. The molecule has 0 bridgehead atoms. The van der Waals surface area contributed by atoms with Gasteiger partial charge in [0.05, 0.1) is 10.6 Å². The van der Waals surface area contributed by atoms with Crippen LogP contribution in [-0.4, -0.2) is 48.9 Å². The van der Waals surface area contributed by atoms with Crippen LogP contribution >= 0.6 is 0 Å². The van der Waals surface area contributed by atoms with Crippen LogP contribution in [0.3, 0.4) is 0 Å². The molecular formula is C20H18F2N4O2S. The van der Waals surface area contributed by atoms with Gasteiger partial charge in [0.2, 0.25) is 10.0 Å². The zero-order chi connectivity index (χ0) is 20.4. The summed E-state index contributed by atoms with van der Waals surface area (Å²) in [7, 11) is -3.67. The van der Waals surface area contributed by atoms with Gasteiger partial charge in [0.25, 0.3) is 0 Å². The number of halogens is 2. The normalized spacial score (nSPS) is 15.4. The second kappa shape index (κ2) is 7.84. The molecule has 0 saturated carbocycles. The maximum Gasteiger partial charge on any atom is 0.243 e. The van der Waals surface area contributed by atoms with Gasteiger partial charge in [0.1, 0.15) is 23.8 Å². The van der Waals surface area contributed by atoms with E-state index in [9.17, 15) is 17.2 Å². The van der Waals surface area contributed by atoms with Crippen LogP contribution in [0.5, 0.6) is 0 Å². The van der Waals surface area contributed by atoms with Crippen LogP contribution in [0.1, 0.15) is 0 Å². The Bertz CT molecular complexity index is 1100. The highest BCUT2D eigenvalue weighted by molar-refractivity contribution is 7.89. The maximum absolute atomic E-state index is 13.1. The van der Waals surface area contributed by atoms with Crippen molar-refractivity contribution in [2.75, 3.05) is 31.1 Å². The van der Waals surface area contributed by atoms with Crippen molar-refractivity contribution in [2.45, 2.75) is 4.90 Å². The highest BCUT2D eigenvalue weighted by Gasteiger charge is 2.29. The minimum Gasteiger partial charge on any atom is -0.354 e. The van der Waals surface area contributed by atoms with E-state index in [0.29, 0.717) is 24.6 Å². The molecule has 1 saturated heterocycles. The van der Waals surface area contributed by atoms with Gasteiger partial charge in [-0.15, -0.1) is 0 Å². The number of hydrogen-bond donors (Lipinski definition) is 0. The summed E-state index contributed by atoms with van der Waals surface area (Å²) in [5, 5.41) is 0. The van der Waals surface area contributed by atoms with Crippen molar-refractivity contribution in [1.82, 2.24) is 14.3 Å². The van der Waals surface area contributed by atoms with Crippen LogP contribution in [0, 0.1) is 11.6 Å². The van der Waals surface area contributed by atoms with E-state index in [1.54, 1.807) is 18.2 Å². The first-order valence-corrected chi connectivity index (χ1v) is 10.5. The number of sulfonamides is 1. The van der Waals surface area contributed by atoms with E-state index in [0.717, 1.165) is 17.7 Å². The smallest absolute Gasteiger partial charge is 0.243 e. The van der Waals surface area contributed by atoms with E-state index < -0.39 is 15.8 Å². The molecule has 4 rings (SSSR count). The lowest BCUT2D eigenvalue weighted by molar-refractivity contribution is 0.383. The first-order valence-electron chi connectivity index (χ1n) is 9.02. The fourth-order valence-corrected chi connectivity index (χ4v) is 4.63. The molecule has 29 heavy (non-hydrogen) atoms. The maximum atomic E-state index is 13.1. The fraction of sp³-hybridized carbons (Fsp3) is 0.200.